The summed E-state index contributed by atoms with van der Waals surface area (Å²) in [5.41, 5.74) is 8.59. The Labute approximate surface area is 102 Å². The molecule has 0 aliphatic heterocycles. The average Bonchev–Trinajstić information content (AvgIpc) is 2.17. The van der Waals surface area contributed by atoms with Gasteiger partial charge in [0.05, 0.1) is 17.8 Å². The fourth-order valence-corrected chi connectivity index (χ4v) is 1.54. The molecule has 0 aromatic heterocycles. The van der Waals surface area contributed by atoms with Crippen molar-refractivity contribution in [1.82, 2.24) is 5.43 Å². The lowest BCUT2D eigenvalue weighted by Gasteiger charge is -2.03. The highest BCUT2D eigenvalue weighted by Gasteiger charge is 1.99. The molecule has 0 heterocycles. The number of nitrogens with one attached hydrogen (secondary N) is 1. The van der Waals surface area contributed by atoms with E-state index in [0.29, 0.717) is 0 Å². The lowest BCUT2D eigenvalue weighted by Crippen LogP contribution is -2.23. The minimum absolute atomic E-state index is 0.138. The standard InChI is InChI=1S/C9H10BrN3OS/c1-14-8-3-2-6(4-7(8)10)5-12-13-9(11)15/h2-5H,1H3,(H3,11,13,15). The molecule has 1 aromatic rings. The third kappa shape index (κ3) is 3.85. The van der Waals surface area contributed by atoms with Crippen molar-refractivity contribution < 1.29 is 4.74 Å². The Morgan fingerprint density at radius 1 is 1.67 bits per heavy atom. The Bertz CT molecular complexity index is 395. The van der Waals surface area contributed by atoms with Gasteiger partial charge in [0.2, 0.25) is 0 Å². The van der Waals surface area contributed by atoms with E-state index in [-0.39, 0.29) is 5.11 Å². The quantitative estimate of drug-likeness (QED) is 0.504. The van der Waals surface area contributed by atoms with E-state index in [2.05, 4.69) is 38.7 Å². The van der Waals surface area contributed by atoms with Crippen LogP contribution in [0.5, 0.6) is 5.75 Å². The van der Waals surface area contributed by atoms with E-state index in [4.69, 9.17) is 10.5 Å². The van der Waals surface area contributed by atoms with Crippen LogP contribution >= 0.6 is 28.1 Å². The smallest absolute Gasteiger partial charge is 0.184 e. The summed E-state index contributed by atoms with van der Waals surface area (Å²) >= 11 is 7.97. The summed E-state index contributed by atoms with van der Waals surface area (Å²) in [6.45, 7) is 0. The van der Waals surface area contributed by atoms with Crippen molar-refractivity contribution in [1.29, 1.82) is 0 Å². The predicted molar refractivity (Wildman–Crippen MR) is 68.2 cm³/mol. The second-order valence-electron chi connectivity index (χ2n) is 2.63. The zero-order valence-corrected chi connectivity index (χ0v) is 10.4. The van der Waals surface area contributed by atoms with Gasteiger partial charge in [0.15, 0.2) is 5.11 Å². The molecule has 15 heavy (non-hydrogen) atoms. The van der Waals surface area contributed by atoms with Crippen molar-refractivity contribution in [2.75, 3.05) is 7.11 Å². The number of benzene rings is 1. The first kappa shape index (κ1) is 11.9. The van der Waals surface area contributed by atoms with Crippen molar-refractivity contribution in [2.45, 2.75) is 0 Å². The zero-order valence-electron chi connectivity index (χ0n) is 8.03. The van der Waals surface area contributed by atoms with Crippen LogP contribution in [0.25, 0.3) is 0 Å². The molecule has 1 aromatic carbocycles. The number of hydrogen-bond acceptors (Lipinski definition) is 3. The SMILES string of the molecule is COc1ccc(C=NNC(N)=S)cc1Br. The summed E-state index contributed by atoms with van der Waals surface area (Å²) in [5.74, 6) is 0.773. The number of hydrazone groups is 1. The summed E-state index contributed by atoms with van der Waals surface area (Å²) in [6.07, 6.45) is 1.61. The van der Waals surface area contributed by atoms with Crippen LogP contribution in [-0.2, 0) is 0 Å². The van der Waals surface area contributed by atoms with Crippen molar-refractivity contribution in [3.63, 3.8) is 0 Å². The highest BCUT2D eigenvalue weighted by Crippen LogP contribution is 2.24. The Balaban J connectivity index is 2.75. The van der Waals surface area contributed by atoms with E-state index in [0.717, 1.165) is 15.8 Å². The monoisotopic (exact) mass is 287 g/mol. The van der Waals surface area contributed by atoms with Gasteiger partial charge in [0, 0.05) is 0 Å². The molecule has 0 amide bonds. The van der Waals surface area contributed by atoms with Gasteiger partial charge in [-0.3, -0.25) is 5.43 Å². The number of hydrogen-bond donors (Lipinski definition) is 2. The molecule has 0 radical (unpaired) electrons. The van der Waals surface area contributed by atoms with Crippen LogP contribution in [0.1, 0.15) is 5.56 Å². The molecule has 0 saturated heterocycles. The van der Waals surface area contributed by atoms with Gasteiger partial charge in [-0.15, -0.1) is 0 Å². The second kappa shape index (κ2) is 5.67. The number of nitrogens with two attached hydrogens (primary N) is 1. The highest BCUT2D eigenvalue weighted by atomic mass is 79.9. The largest absolute Gasteiger partial charge is 0.496 e. The fraction of sp³-hybridized carbons (Fsp3) is 0.111. The van der Waals surface area contributed by atoms with Gasteiger partial charge in [-0.25, -0.2) is 0 Å². The molecule has 0 spiro atoms. The maximum atomic E-state index is 5.21. The summed E-state index contributed by atoms with van der Waals surface area (Å²) < 4.78 is 5.96. The minimum Gasteiger partial charge on any atom is -0.496 e. The van der Waals surface area contributed by atoms with Gasteiger partial charge in [-0.2, -0.15) is 5.10 Å². The van der Waals surface area contributed by atoms with E-state index >= 15 is 0 Å². The van der Waals surface area contributed by atoms with E-state index in [1.165, 1.54) is 0 Å². The summed E-state index contributed by atoms with van der Waals surface area (Å²) in [6, 6.07) is 5.59. The molecule has 0 bridgehead atoms. The van der Waals surface area contributed by atoms with Crippen LogP contribution in [0, 0.1) is 0 Å². The van der Waals surface area contributed by atoms with Gasteiger partial charge in [-0.05, 0) is 51.9 Å². The van der Waals surface area contributed by atoms with Crippen molar-refractivity contribution >= 4 is 39.5 Å². The Morgan fingerprint density at radius 2 is 2.40 bits per heavy atom. The van der Waals surface area contributed by atoms with E-state index in [9.17, 15) is 0 Å². The van der Waals surface area contributed by atoms with Gasteiger partial charge in [0.1, 0.15) is 5.75 Å². The van der Waals surface area contributed by atoms with Crippen LogP contribution in [-0.4, -0.2) is 18.4 Å². The molecule has 0 unspecified atom stereocenters. The lowest BCUT2D eigenvalue weighted by molar-refractivity contribution is 0.412. The fourth-order valence-electron chi connectivity index (χ4n) is 0.933. The minimum atomic E-state index is 0.138. The van der Waals surface area contributed by atoms with E-state index < -0.39 is 0 Å². The molecule has 3 N–H and O–H groups in total. The third-order valence-corrected chi connectivity index (χ3v) is 2.28. The maximum absolute atomic E-state index is 5.21. The number of ether oxygens (including phenoxy) is 1. The first-order chi connectivity index (χ1) is 7.13. The summed E-state index contributed by atoms with van der Waals surface area (Å²) in [7, 11) is 1.61. The normalized spacial score (nSPS) is 10.3. The van der Waals surface area contributed by atoms with Crippen LogP contribution < -0.4 is 15.9 Å². The molecule has 6 heteroatoms. The topological polar surface area (TPSA) is 59.6 Å². The molecule has 4 nitrogen and oxygen atoms in total. The van der Waals surface area contributed by atoms with Crippen LogP contribution in [0.3, 0.4) is 0 Å². The molecule has 0 atom stereocenters. The first-order valence-electron chi connectivity index (χ1n) is 4.05. The van der Waals surface area contributed by atoms with E-state index in [1.54, 1.807) is 13.3 Å². The molecular formula is C9H10BrN3OS. The molecule has 0 fully saturated rings. The average molecular weight is 288 g/mol. The van der Waals surface area contributed by atoms with Crippen LogP contribution in [0.15, 0.2) is 27.8 Å². The molecular weight excluding hydrogens is 278 g/mol. The second-order valence-corrected chi connectivity index (χ2v) is 3.92. The number of thiocarbonyl (C=S) groups is 1. The van der Waals surface area contributed by atoms with Gasteiger partial charge in [-0.1, -0.05) is 0 Å². The Kier molecular flexibility index (Phi) is 4.51. The maximum Gasteiger partial charge on any atom is 0.184 e. The number of rotatable bonds is 3. The van der Waals surface area contributed by atoms with Gasteiger partial charge >= 0.3 is 0 Å². The van der Waals surface area contributed by atoms with E-state index in [1.807, 2.05) is 18.2 Å². The third-order valence-electron chi connectivity index (χ3n) is 1.56. The zero-order chi connectivity index (χ0) is 11.3. The van der Waals surface area contributed by atoms with Crippen molar-refractivity contribution in [3.8, 4) is 5.75 Å². The Morgan fingerprint density at radius 3 is 2.93 bits per heavy atom. The van der Waals surface area contributed by atoms with Crippen LogP contribution in [0.2, 0.25) is 0 Å². The number of halogens is 1. The predicted octanol–water partition coefficient (Wildman–Crippen LogP) is 1.62. The lowest BCUT2D eigenvalue weighted by atomic mass is 10.2. The van der Waals surface area contributed by atoms with Gasteiger partial charge < -0.3 is 10.5 Å². The number of nitrogens with zero attached hydrogens (tertiary/aromatic N) is 1. The molecule has 0 aliphatic rings. The summed E-state index contributed by atoms with van der Waals surface area (Å²) in [4.78, 5) is 0. The Hall–Kier alpha value is -1.14. The van der Waals surface area contributed by atoms with Crippen LogP contribution in [0.4, 0.5) is 0 Å². The number of methoxy groups -OCH3 is 1. The molecule has 0 saturated carbocycles. The molecule has 1 rings (SSSR count). The molecule has 0 aliphatic carbocycles. The van der Waals surface area contributed by atoms with Crippen molar-refractivity contribution in [2.24, 2.45) is 10.8 Å². The first-order valence-corrected chi connectivity index (χ1v) is 5.25. The summed E-state index contributed by atoms with van der Waals surface area (Å²) in [5, 5.41) is 3.97. The van der Waals surface area contributed by atoms with Gasteiger partial charge in [0.25, 0.3) is 0 Å². The highest BCUT2D eigenvalue weighted by molar-refractivity contribution is 9.10. The molecule has 80 valence electrons. The van der Waals surface area contributed by atoms with Crippen molar-refractivity contribution in [3.05, 3.63) is 28.2 Å².